The molecule has 94 valence electrons. The molecule has 1 N–H and O–H groups in total. The third kappa shape index (κ3) is 2.35. The van der Waals surface area contributed by atoms with Crippen LogP contribution in [-0.2, 0) is 5.60 Å². The molecule has 0 aliphatic heterocycles. The second-order valence-electron chi connectivity index (χ2n) is 4.28. The third-order valence-corrected chi connectivity index (χ3v) is 3.38. The van der Waals surface area contributed by atoms with Crippen LogP contribution in [0.15, 0.2) is 48.5 Å². The van der Waals surface area contributed by atoms with Gasteiger partial charge in [0.15, 0.2) is 0 Å². The summed E-state index contributed by atoms with van der Waals surface area (Å²) in [5.41, 5.74) is 0.346. The quantitative estimate of drug-likeness (QED) is 0.916. The minimum Gasteiger partial charge on any atom is -0.497 e. The zero-order valence-corrected chi connectivity index (χ0v) is 11.1. The van der Waals surface area contributed by atoms with Crippen LogP contribution in [0.5, 0.6) is 5.75 Å². The topological polar surface area (TPSA) is 29.5 Å². The molecular formula is C15H15ClO2. The van der Waals surface area contributed by atoms with Gasteiger partial charge in [0.25, 0.3) is 0 Å². The Hall–Kier alpha value is -1.51. The average Bonchev–Trinajstić information content (AvgIpc) is 2.39. The van der Waals surface area contributed by atoms with E-state index in [9.17, 15) is 5.11 Å². The van der Waals surface area contributed by atoms with Crippen LogP contribution >= 0.6 is 11.6 Å². The highest BCUT2D eigenvalue weighted by Crippen LogP contribution is 2.34. The molecule has 0 spiro atoms. The molecule has 0 aromatic heterocycles. The van der Waals surface area contributed by atoms with Gasteiger partial charge in [-0.15, -0.1) is 0 Å². The molecule has 0 saturated heterocycles. The van der Waals surface area contributed by atoms with Gasteiger partial charge in [-0.3, -0.25) is 0 Å². The maximum atomic E-state index is 10.7. The lowest BCUT2D eigenvalue weighted by atomic mass is 9.88. The van der Waals surface area contributed by atoms with Gasteiger partial charge in [0.05, 0.1) is 7.11 Å². The van der Waals surface area contributed by atoms with E-state index in [1.54, 1.807) is 20.1 Å². The number of rotatable bonds is 3. The van der Waals surface area contributed by atoms with Crippen LogP contribution in [0.3, 0.4) is 0 Å². The fraction of sp³-hybridized carbons (Fsp3) is 0.200. The van der Waals surface area contributed by atoms with Crippen molar-refractivity contribution in [3.8, 4) is 5.75 Å². The normalized spacial score (nSPS) is 14.0. The Kier molecular flexibility index (Phi) is 3.60. The maximum Gasteiger partial charge on any atom is 0.118 e. The molecule has 2 rings (SSSR count). The summed E-state index contributed by atoms with van der Waals surface area (Å²) in [5.74, 6) is 0.758. The van der Waals surface area contributed by atoms with Gasteiger partial charge in [-0.05, 0) is 30.7 Å². The van der Waals surface area contributed by atoms with Crippen LogP contribution in [0.2, 0.25) is 5.02 Å². The van der Waals surface area contributed by atoms with Crippen molar-refractivity contribution in [3.05, 3.63) is 64.7 Å². The summed E-state index contributed by atoms with van der Waals surface area (Å²) in [6, 6.07) is 14.6. The largest absolute Gasteiger partial charge is 0.497 e. The fourth-order valence-electron chi connectivity index (χ4n) is 1.93. The molecule has 3 heteroatoms. The highest BCUT2D eigenvalue weighted by molar-refractivity contribution is 6.31. The van der Waals surface area contributed by atoms with E-state index in [0.29, 0.717) is 10.6 Å². The second-order valence-corrected chi connectivity index (χ2v) is 4.69. The molecule has 0 aliphatic rings. The van der Waals surface area contributed by atoms with Crippen LogP contribution < -0.4 is 4.74 Å². The number of methoxy groups -OCH3 is 1. The summed E-state index contributed by atoms with van der Waals surface area (Å²) in [6.45, 7) is 1.73. The predicted molar refractivity (Wildman–Crippen MR) is 73.1 cm³/mol. The lowest BCUT2D eigenvalue weighted by Gasteiger charge is -2.25. The van der Waals surface area contributed by atoms with Crippen molar-refractivity contribution in [3.63, 3.8) is 0 Å². The van der Waals surface area contributed by atoms with Gasteiger partial charge in [-0.1, -0.05) is 41.9 Å². The maximum absolute atomic E-state index is 10.7. The summed E-state index contributed by atoms with van der Waals surface area (Å²) >= 11 is 6.13. The first kappa shape index (κ1) is 12.9. The molecule has 1 atom stereocenters. The molecule has 0 amide bonds. The van der Waals surface area contributed by atoms with Crippen LogP contribution in [0, 0.1) is 0 Å². The van der Waals surface area contributed by atoms with Gasteiger partial charge < -0.3 is 9.84 Å². The number of benzene rings is 2. The van der Waals surface area contributed by atoms with E-state index in [0.717, 1.165) is 11.3 Å². The standard InChI is InChI=1S/C15H15ClO2/c1-15(17,13-5-3-4-6-14(13)16)11-7-9-12(18-2)10-8-11/h3-10,17H,1-2H3. The zero-order valence-electron chi connectivity index (χ0n) is 10.4. The highest BCUT2D eigenvalue weighted by Gasteiger charge is 2.27. The van der Waals surface area contributed by atoms with Crippen LogP contribution in [0.25, 0.3) is 0 Å². The fourth-order valence-corrected chi connectivity index (χ4v) is 2.25. The summed E-state index contributed by atoms with van der Waals surface area (Å²) in [5, 5.41) is 11.2. The zero-order chi connectivity index (χ0) is 13.2. The van der Waals surface area contributed by atoms with Crippen molar-refractivity contribution in [1.82, 2.24) is 0 Å². The van der Waals surface area contributed by atoms with Gasteiger partial charge in [0, 0.05) is 10.6 Å². The number of halogens is 1. The van der Waals surface area contributed by atoms with Crippen molar-refractivity contribution in [2.75, 3.05) is 7.11 Å². The summed E-state index contributed by atoms with van der Waals surface area (Å²) in [4.78, 5) is 0. The van der Waals surface area contributed by atoms with Gasteiger partial charge in [0.2, 0.25) is 0 Å². The average molecular weight is 263 g/mol. The Morgan fingerprint density at radius 3 is 2.22 bits per heavy atom. The van der Waals surface area contributed by atoms with E-state index < -0.39 is 5.60 Å². The lowest BCUT2D eigenvalue weighted by Crippen LogP contribution is -2.23. The molecule has 0 saturated carbocycles. The number of aliphatic hydroxyl groups is 1. The van der Waals surface area contributed by atoms with E-state index in [-0.39, 0.29) is 0 Å². The molecular weight excluding hydrogens is 248 g/mol. The Balaban J connectivity index is 2.44. The first-order valence-electron chi connectivity index (χ1n) is 5.67. The van der Waals surface area contributed by atoms with E-state index in [1.807, 2.05) is 42.5 Å². The molecule has 0 aliphatic carbocycles. The highest BCUT2D eigenvalue weighted by atomic mass is 35.5. The Bertz CT molecular complexity index is 532. The predicted octanol–water partition coefficient (Wildman–Crippen LogP) is 3.60. The molecule has 1 unspecified atom stereocenters. The van der Waals surface area contributed by atoms with E-state index >= 15 is 0 Å². The van der Waals surface area contributed by atoms with Crippen molar-refractivity contribution in [2.24, 2.45) is 0 Å². The SMILES string of the molecule is COc1ccc(C(C)(O)c2ccccc2Cl)cc1. The summed E-state index contributed by atoms with van der Waals surface area (Å²) in [7, 11) is 1.61. The van der Waals surface area contributed by atoms with Crippen molar-refractivity contribution in [1.29, 1.82) is 0 Å². The minimum atomic E-state index is -1.12. The smallest absolute Gasteiger partial charge is 0.118 e. The lowest BCUT2D eigenvalue weighted by molar-refractivity contribution is 0.102. The Morgan fingerprint density at radius 1 is 1.06 bits per heavy atom. The van der Waals surface area contributed by atoms with Crippen LogP contribution in [0.4, 0.5) is 0 Å². The summed E-state index contributed by atoms with van der Waals surface area (Å²) < 4.78 is 5.10. The Morgan fingerprint density at radius 2 is 1.67 bits per heavy atom. The number of ether oxygens (including phenoxy) is 1. The molecule has 0 heterocycles. The van der Waals surface area contributed by atoms with Gasteiger partial charge in [-0.25, -0.2) is 0 Å². The number of hydrogen-bond acceptors (Lipinski definition) is 2. The Labute approximate surface area is 112 Å². The minimum absolute atomic E-state index is 0.554. The molecule has 2 aromatic carbocycles. The second kappa shape index (κ2) is 5.01. The first-order valence-corrected chi connectivity index (χ1v) is 6.05. The van der Waals surface area contributed by atoms with Crippen LogP contribution in [-0.4, -0.2) is 12.2 Å². The molecule has 0 fully saturated rings. The van der Waals surface area contributed by atoms with Crippen LogP contribution in [0.1, 0.15) is 18.1 Å². The first-order chi connectivity index (χ1) is 8.55. The molecule has 18 heavy (non-hydrogen) atoms. The molecule has 2 aromatic rings. The van der Waals surface area contributed by atoms with Gasteiger partial charge in [-0.2, -0.15) is 0 Å². The molecule has 0 radical (unpaired) electrons. The van der Waals surface area contributed by atoms with Gasteiger partial charge >= 0.3 is 0 Å². The van der Waals surface area contributed by atoms with Crippen molar-refractivity contribution in [2.45, 2.75) is 12.5 Å². The van der Waals surface area contributed by atoms with E-state index in [4.69, 9.17) is 16.3 Å². The number of hydrogen-bond donors (Lipinski definition) is 1. The van der Waals surface area contributed by atoms with E-state index in [2.05, 4.69) is 0 Å². The monoisotopic (exact) mass is 262 g/mol. The van der Waals surface area contributed by atoms with Crippen molar-refractivity contribution >= 4 is 11.6 Å². The third-order valence-electron chi connectivity index (χ3n) is 3.05. The van der Waals surface area contributed by atoms with Crippen molar-refractivity contribution < 1.29 is 9.84 Å². The molecule has 0 bridgehead atoms. The van der Waals surface area contributed by atoms with Gasteiger partial charge in [0.1, 0.15) is 11.4 Å². The molecule has 2 nitrogen and oxygen atoms in total. The summed E-state index contributed by atoms with van der Waals surface area (Å²) in [6.07, 6.45) is 0. The van der Waals surface area contributed by atoms with E-state index in [1.165, 1.54) is 0 Å².